The summed E-state index contributed by atoms with van der Waals surface area (Å²) in [5.41, 5.74) is 1.01. The third kappa shape index (κ3) is 3.45. The van der Waals surface area contributed by atoms with E-state index in [1.807, 2.05) is 6.92 Å². The van der Waals surface area contributed by atoms with Gasteiger partial charge in [0.15, 0.2) is 0 Å². The third-order valence-corrected chi connectivity index (χ3v) is 4.62. The summed E-state index contributed by atoms with van der Waals surface area (Å²) in [6.45, 7) is 1.99. The van der Waals surface area contributed by atoms with E-state index < -0.39 is 10.1 Å². The Morgan fingerprint density at radius 1 is 1.41 bits per heavy atom. The molecule has 0 amide bonds. The van der Waals surface area contributed by atoms with Gasteiger partial charge in [-0.1, -0.05) is 17.7 Å². The molecular weight excluding hydrogens is 260 g/mol. The average molecular weight is 274 g/mol. The summed E-state index contributed by atoms with van der Waals surface area (Å²) in [6.07, 6.45) is -0.125. The van der Waals surface area contributed by atoms with Gasteiger partial charge >= 0.3 is 0 Å². The van der Waals surface area contributed by atoms with Gasteiger partial charge in [-0.25, -0.2) is 0 Å². The van der Waals surface area contributed by atoms with Gasteiger partial charge < -0.3 is 4.74 Å². The van der Waals surface area contributed by atoms with E-state index in [2.05, 4.69) is 0 Å². The van der Waals surface area contributed by atoms with Gasteiger partial charge in [0.2, 0.25) is 0 Å². The number of thioether (sulfide) groups is 1. The molecule has 0 aliphatic carbocycles. The summed E-state index contributed by atoms with van der Waals surface area (Å²) in [5, 5.41) is 0. The van der Waals surface area contributed by atoms with Gasteiger partial charge in [0.25, 0.3) is 10.1 Å². The van der Waals surface area contributed by atoms with Gasteiger partial charge in [0.05, 0.1) is 23.5 Å². The number of ether oxygens (including phenoxy) is 1. The number of aryl methyl sites for hydroxylation is 1. The van der Waals surface area contributed by atoms with Crippen LogP contribution in [0.5, 0.6) is 0 Å². The highest BCUT2D eigenvalue weighted by molar-refractivity contribution is 7.99. The van der Waals surface area contributed by atoms with Crippen molar-refractivity contribution in [3.63, 3.8) is 0 Å². The number of hydrogen-bond acceptors (Lipinski definition) is 5. The lowest BCUT2D eigenvalue weighted by atomic mass is 10.2. The fourth-order valence-corrected chi connectivity index (χ4v) is 3.18. The number of hydrogen-bond donors (Lipinski definition) is 0. The number of benzene rings is 1. The van der Waals surface area contributed by atoms with Crippen LogP contribution in [0.1, 0.15) is 5.56 Å². The van der Waals surface area contributed by atoms with Crippen molar-refractivity contribution in [1.29, 1.82) is 0 Å². The van der Waals surface area contributed by atoms with Crippen LogP contribution in [-0.2, 0) is 19.0 Å². The van der Waals surface area contributed by atoms with Crippen LogP contribution in [0.3, 0.4) is 0 Å². The zero-order valence-electron chi connectivity index (χ0n) is 9.46. The lowest BCUT2D eigenvalue weighted by Crippen LogP contribution is -2.20. The predicted molar refractivity (Wildman–Crippen MR) is 66.5 cm³/mol. The van der Waals surface area contributed by atoms with Crippen LogP contribution in [-0.4, -0.2) is 32.8 Å². The van der Waals surface area contributed by atoms with Crippen LogP contribution in [0, 0.1) is 6.92 Å². The molecule has 0 bridgehead atoms. The van der Waals surface area contributed by atoms with Crippen molar-refractivity contribution in [1.82, 2.24) is 0 Å². The van der Waals surface area contributed by atoms with E-state index in [0.29, 0.717) is 5.94 Å². The maximum atomic E-state index is 11.8. The Bertz CT molecular complexity index is 461. The molecule has 6 heteroatoms. The van der Waals surface area contributed by atoms with Crippen LogP contribution >= 0.6 is 11.8 Å². The highest BCUT2D eigenvalue weighted by atomic mass is 32.2. The van der Waals surface area contributed by atoms with Crippen molar-refractivity contribution < 1.29 is 17.3 Å². The van der Waals surface area contributed by atoms with E-state index in [9.17, 15) is 8.42 Å². The van der Waals surface area contributed by atoms with Crippen LogP contribution in [0.2, 0.25) is 0 Å². The molecule has 2 rings (SSSR count). The van der Waals surface area contributed by atoms with Crippen molar-refractivity contribution in [3.05, 3.63) is 29.8 Å². The first-order valence-corrected chi connectivity index (χ1v) is 7.80. The maximum absolute atomic E-state index is 11.8. The Balaban J connectivity index is 2.00. The summed E-state index contributed by atoms with van der Waals surface area (Å²) in [6, 6.07) is 6.60. The molecule has 0 saturated carbocycles. The van der Waals surface area contributed by atoms with Crippen LogP contribution in [0.15, 0.2) is 29.2 Å². The fraction of sp³-hybridized carbons (Fsp3) is 0.455. The van der Waals surface area contributed by atoms with Gasteiger partial charge in [-0.3, -0.25) is 4.18 Å². The summed E-state index contributed by atoms with van der Waals surface area (Å²) in [7, 11) is -3.65. The second-order valence-corrected chi connectivity index (χ2v) is 6.42. The van der Waals surface area contributed by atoms with Crippen molar-refractivity contribution >= 4 is 21.9 Å². The standard InChI is InChI=1S/C11H14O4S2/c1-9-2-4-11(5-3-9)17(12,13)15-6-10-7-16-8-14-10/h2-5,10H,6-8H2,1H3. The Hall–Kier alpha value is -0.560. The van der Waals surface area contributed by atoms with E-state index in [0.717, 1.165) is 11.3 Å². The Kier molecular flexibility index (Phi) is 4.09. The van der Waals surface area contributed by atoms with Crippen molar-refractivity contribution in [2.75, 3.05) is 18.3 Å². The minimum Gasteiger partial charge on any atom is -0.364 e. The average Bonchev–Trinajstić information content (AvgIpc) is 2.80. The molecule has 4 nitrogen and oxygen atoms in total. The van der Waals surface area contributed by atoms with Gasteiger partial charge in [-0.15, -0.1) is 11.8 Å². The predicted octanol–water partition coefficient (Wildman–Crippen LogP) is 1.79. The third-order valence-electron chi connectivity index (χ3n) is 2.41. The lowest BCUT2D eigenvalue weighted by molar-refractivity contribution is 0.0799. The molecule has 1 unspecified atom stereocenters. The molecule has 94 valence electrons. The van der Waals surface area contributed by atoms with E-state index in [-0.39, 0.29) is 17.6 Å². The molecule has 1 fully saturated rings. The molecule has 1 aliphatic heterocycles. The molecule has 0 aromatic heterocycles. The smallest absolute Gasteiger partial charge is 0.297 e. The summed E-state index contributed by atoms with van der Waals surface area (Å²) in [5.74, 6) is 1.39. The molecule has 17 heavy (non-hydrogen) atoms. The van der Waals surface area contributed by atoms with Crippen molar-refractivity contribution in [2.24, 2.45) is 0 Å². The minimum absolute atomic E-state index is 0.0865. The van der Waals surface area contributed by atoms with Crippen molar-refractivity contribution in [3.8, 4) is 0 Å². The Morgan fingerprint density at radius 2 is 2.12 bits per heavy atom. The molecule has 0 N–H and O–H groups in total. The monoisotopic (exact) mass is 274 g/mol. The maximum Gasteiger partial charge on any atom is 0.297 e. The zero-order chi connectivity index (χ0) is 12.3. The largest absolute Gasteiger partial charge is 0.364 e. The second-order valence-electron chi connectivity index (χ2n) is 3.83. The first kappa shape index (κ1) is 12.9. The lowest BCUT2D eigenvalue weighted by Gasteiger charge is -2.09. The van der Waals surface area contributed by atoms with Gasteiger partial charge in [-0.2, -0.15) is 8.42 Å². The van der Waals surface area contributed by atoms with E-state index in [1.54, 1.807) is 36.0 Å². The first-order chi connectivity index (χ1) is 8.08. The van der Waals surface area contributed by atoms with E-state index in [1.165, 1.54) is 0 Å². The Labute approximate surface area is 105 Å². The first-order valence-electron chi connectivity index (χ1n) is 5.23. The molecule has 1 aromatic rings. The molecule has 1 aromatic carbocycles. The normalized spacial score (nSPS) is 20.6. The molecular formula is C11H14O4S2. The summed E-state index contributed by atoms with van der Waals surface area (Å²) < 4.78 is 33.9. The topological polar surface area (TPSA) is 52.6 Å². The van der Waals surface area contributed by atoms with Crippen molar-refractivity contribution in [2.45, 2.75) is 17.9 Å². The van der Waals surface area contributed by atoms with Gasteiger partial charge in [-0.05, 0) is 19.1 Å². The molecule has 0 radical (unpaired) electrons. The van der Waals surface area contributed by atoms with Gasteiger partial charge in [0, 0.05) is 5.75 Å². The SMILES string of the molecule is Cc1ccc(S(=O)(=O)OCC2CSCO2)cc1. The quantitative estimate of drug-likeness (QED) is 0.784. The highest BCUT2D eigenvalue weighted by Crippen LogP contribution is 2.19. The molecule has 1 atom stereocenters. The number of rotatable bonds is 4. The van der Waals surface area contributed by atoms with Crippen LogP contribution in [0.25, 0.3) is 0 Å². The van der Waals surface area contributed by atoms with Crippen LogP contribution < -0.4 is 0 Å². The second kappa shape index (κ2) is 5.39. The Morgan fingerprint density at radius 3 is 2.71 bits per heavy atom. The molecule has 1 aliphatic rings. The van der Waals surface area contributed by atoms with E-state index in [4.69, 9.17) is 8.92 Å². The highest BCUT2D eigenvalue weighted by Gasteiger charge is 2.21. The summed E-state index contributed by atoms with van der Waals surface area (Å²) in [4.78, 5) is 0.189. The van der Waals surface area contributed by atoms with Crippen LogP contribution in [0.4, 0.5) is 0 Å². The fourth-order valence-electron chi connectivity index (χ4n) is 1.41. The van der Waals surface area contributed by atoms with E-state index >= 15 is 0 Å². The molecule has 1 saturated heterocycles. The molecule has 1 heterocycles. The molecule has 0 spiro atoms. The van der Waals surface area contributed by atoms with Gasteiger partial charge in [0.1, 0.15) is 0 Å². The zero-order valence-corrected chi connectivity index (χ0v) is 11.1. The minimum atomic E-state index is -3.65. The summed E-state index contributed by atoms with van der Waals surface area (Å²) >= 11 is 1.63.